The largest absolute Gasteiger partial charge is 0.468 e. The van der Waals surface area contributed by atoms with Gasteiger partial charge in [-0.2, -0.15) is 0 Å². The van der Waals surface area contributed by atoms with Gasteiger partial charge < -0.3 is 4.74 Å². The average molecular weight is 204 g/mol. The number of piperidine rings is 1. The molecule has 1 saturated carbocycles. The van der Waals surface area contributed by atoms with E-state index < -0.39 is 0 Å². The van der Waals surface area contributed by atoms with E-state index >= 15 is 0 Å². The molecular formula is C9H14ClNO2. The third-order valence-corrected chi connectivity index (χ3v) is 3.94. The Morgan fingerprint density at radius 3 is 2.69 bits per heavy atom. The summed E-state index contributed by atoms with van der Waals surface area (Å²) in [6.07, 6.45) is 0. The highest BCUT2D eigenvalue weighted by Gasteiger charge is 2.68. The maximum absolute atomic E-state index is 11.4. The molecule has 3 nitrogen and oxygen atoms in total. The first-order valence-electron chi connectivity index (χ1n) is 4.50. The summed E-state index contributed by atoms with van der Waals surface area (Å²) >= 11 is 5.94. The molecule has 2 aliphatic rings. The third kappa shape index (κ3) is 1.10. The zero-order valence-electron chi connectivity index (χ0n) is 8.08. The molecule has 1 aliphatic heterocycles. The molecule has 1 aliphatic carbocycles. The van der Waals surface area contributed by atoms with Gasteiger partial charge in [0, 0.05) is 6.54 Å². The van der Waals surface area contributed by atoms with Gasteiger partial charge in [-0.15, -0.1) is 0 Å². The molecule has 2 rings (SSSR count). The Kier molecular flexibility index (Phi) is 1.86. The van der Waals surface area contributed by atoms with Crippen molar-refractivity contribution in [1.29, 1.82) is 0 Å². The van der Waals surface area contributed by atoms with Gasteiger partial charge in [-0.05, 0) is 29.0 Å². The number of hydrogen-bond acceptors (Lipinski definition) is 3. The topological polar surface area (TPSA) is 29.5 Å². The van der Waals surface area contributed by atoms with Gasteiger partial charge in [0.15, 0.2) is 0 Å². The van der Waals surface area contributed by atoms with Crippen LogP contribution in [-0.4, -0.2) is 30.1 Å². The molecule has 0 amide bonds. The Labute approximate surface area is 83.1 Å². The molecule has 0 aromatic rings. The highest BCUT2D eigenvalue weighted by atomic mass is 35.5. The van der Waals surface area contributed by atoms with Crippen molar-refractivity contribution in [3.63, 3.8) is 0 Å². The molecule has 0 radical (unpaired) electrons. The Morgan fingerprint density at radius 2 is 2.23 bits per heavy atom. The van der Waals surface area contributed by atoms with Crippen LogP contribution in [0.5, 0.6) is 0 Å². The number of carbonyl (C=O) groups excluding carboxylic acids is 1. The number of methoxy groups -OCH3 is 1. The molecular weight excluding hydrogens is 190 g/mol. The molecule has 2 fully saturated rings. The molecule has 3 atom stereocenters. The lowest BCUT2D eigenvalue weighted by Crippen LogP contribution is -2.36. The number of fused-ring (bicyclic) bond motifs is 1. The first kappa shape index (κ1) is 9.28. The second kappa shape index (κ2) is 2.61. The van der Waals surface area contributed by atoms with E-state index in [-0.39, 0.29) is 17.4 Å². The van der Waals surface area contributed by atoms with E-state index in [9.17, 15) is 4.79 Å². The number of ether oxygens (including phenoxy) is 1. The summed E-state index contributed by atoms with van der Waals surface area (Å²) in [7, 11) is 1.41. The van der Waals surface area contributed by atoms with E-state index in [1.807, 2.05) is 0 Å². The van der Waals surface area contributed by atoms with Crippen LogP contribution in [0, 0.1) is 17.3 Å². The normalized spacial score (nSPS) is 41.4. The second-order valence-electron chi connectivity index (χ2n) is 4.50. The summed E-state index contributed by atoms with van der Waals surface area (Å²) < 4.78 is 6.32. The van der Waals surface area contributed by atoms with Crippen LogP contribution in [0.25, 0.3) is 0 Å². The van der Waals surface area contributed by atoms with Crippen molar-refractivity contribution in [2.75, 3.05) is 13.7 Å². The van der Waals surface area contributed by atoms with Crippen molar-refractivity contribution in [1.82, 2.24) is 4.42 Å². The average Bonchev–Trinajstić information content (AvgIpc) is 2.48. The van der Waals surface area contributed by atoms with E-state index in [2.05, 4.69) is 13.8 Å². The summed E-state index contributed by atoms with van der Waals surface area (Å²) in [6.45, 7) is 5.17. The zero-order chi connectivity index (χ0) is 9.80. The quantitative estimate of drug-likeness (QED) is 0.475. The lowest BCUT2D eigenvalue weighted by Gasteiger charge is -2.22. The van der Waals surface area contributed by atoms with Gasteiger partial charge in [-0.1, -0.05) is 13.8 Å². The number of carbonyl (C=O) groups is 1. The van der Waals surface area contributed by atoms with Crippen LogP contribution in [0.2, 0.25) is 0 Å². The predicted octanol–water partition coefficient (Wildman–Crippen LogP) is 1.27. The summed E-state index contributed by atoms with van der Waals surface area (Å²) in [5.41, 5.74) is 0.268. The van der Waals surface area contributed by atoms with Gasteiger partial charge >= 0.3 is 5.97 Å². The smallest absolute Gasteiger partial charge is 0.324 e. The van der Waals surface area contributed by atoms with E-state index in [0.29, 0.717) is 11.8 Å². The van der Waals surface area contributed by atoms with Crippen LogP contribution in [0.1, 0.15) is 13.8 Å². The zero-order valence-corrected chi connectivity index (χ0v) is 8.84. The Hall–Kier alpha value is -0.280. The van der Waals surface area contributed by atoms with Crippen LogP contribution >= 0.6 is 11.8 Å². The van der Waals surface area contributed by atoms with Gasteiger partial charge in [-0.3, -0.25) is 4.79 Å². The number of esters is 1. The number of halogens is 1. The molecule has 0 aromatic heterocycles. The summed E-state index contributed by atoms with van der Waals surface area (Å²) in [4.78, 5) is 11.4. The Morgan fingerprint density at radius 1 is 1.62 bits per heavy atom. The van der Waals surface area contributed by atoms with Crippen molar-refractivity contribution in [3.05, 3.63) is 0 Å². The minimum absolute atomic E-state index is 0.201. The van der Waals surface area contributed by atoms with E-state index in [4.69, 9.17) is 16.5 Å². The molecule has 3 unspecified atom stereocenters. The molecule has 74 valence electrons. The third-order valence-electron chi connectivity index (χ3n) is 3.59. The highest BCUT2D eigenvalue weighted by molar-refractivity contribution is 6.15. The number of nitrogens with zero attached hydrogens (tertiary/aromatic N) is 1. The fourth-order valence-corrected chi connectivity index (χ4v) is 2.97. The van der Waals surface area contributed by atoms with Gasteiger partial charge in [0.2, 0.25) is 0 Å². The van der Waals surface area contributed by atoms with E-state index in [0.717, 1.165) is 6.54 Å². The Balaban J connectivity index is 2.15. The minimum Gasteiger partial charge on any atom is -0.468 e. The predicted molar refractivity (Wildman–Crippen MR) is 49.1 cm³/mol. The molecule has 13 heavy (non-hydrogen) atoms. The molecule has 0 bridgehead atoms. The molecule has 4 heteroatoms. The minimum atomic E-state index is -0.230. The van der Waals surface area contributed by atoms with Crippen molar-refractivity contribution >= 4 is 17.7 Å². The van der Waals surface area contributed by atoms with E-state index in [1.165, 1.54) is 7.11 Å². The van der Waals surface area contributed by atoms with Gasteiger partial charge in [0.25, 0.3) is 0 Å². The molecule has 1 saturated heterocycles. The fourth-order valence-electron chi connectivity index (χ4n) is 2.62. The van der Waals surface area contributed by atoms with Crippen LogP contribution in [-0.2, 0) is 9.53 Å². The summed E-state index contributed by atoms with van der Waals surface area (Å²) in [6, 6.07) is -0.230. The standard InChI is InChI=1S/C9H14ClNO2/c1-9(2)5-4-11(10)7(6(5)9)8(12)13-3/h5-7H,4H2,1-3H3. The molecule has 1 heterocycles. The molecule has 0 spiro atoms. The summed E-state index contributed by atoms with van der Waals surface area (Å²) in [5, 5.41) is 0. The van der Waals surface area contributed by atoms with Crippen molar-refractivity contribution < 1.29 is 9.53 Å². The maximum atomic E-state index is 11.4. The van der Waals surface area contributed by atoms with Gasteiger partial charge in [-0.25, -0.2) is 4.42 Å². The second-order valence-corrected chi connectivity index (χ2v) is 4.94. The highest BCUT2D eigenvalue weighted by Crippen LogP contribution is 2.65. The van der Waals surface area contributed by atoms with Crippen LogP contribution < -0.4 is 0 Å². The SMILES string of the molecule is COC(=O)C1C2C(CN1Cl)C2(C)C. The van der Waals surface area contributed by atoms with Crippen molar-refractivity contribution in [2.45, 2.75) is 19.9 Å². The lowest BCUT2D eigenvalue weighted by atomic mass is 10.0. The molecule has 0 N–H and O–H groups in total. The monoisotopic (exact) mass is 203 g/mol. The first-order valence-corrected chi connectivity index (χ1v) is 4.84. The van der Waals surface area contributed by atoms with Gasteiger partial charge in [0.1, 0.15) is 6.04 Å². The van der Waals surface area contributed by atoms with Crippen molar-refractivity contribution in [3.8, 4) is 0 Å². The summed E-state index contributed by atoms with van der Waals surface area (Å²) in [5.74, 6) is 0.750. The van der Waals surface area contributed by atoms with Crippen LogP contribution in [0.4, 0.5) is 0 Å². The number of rotatable bonds is 1. The lowest BCUT2D eigenvalue weighted by molar-refractivity contribution is -0.145. The van der Waals surface area contributed by atoms with Gasteiger partial charge in [0.05, 0.1) is 7.11 Å². The van der Waals surface area contributed by atoms with Crippen LogP contribution in [0.15, 0.2) is 0 Å². The van der Waals surface area contributed by atoms with Crippen molar-refractivity contribution in [2.24, 2.45) is 17.3 Å². The maximum Gasteiger partial charge on any atom is 0.324 e. The number of hydrogen-bond donors (Lipinski definition) is 0. The van der Waals surface area contributed by atoms with Crippen LogP contribution in [0.3, 0.4) is 0 Å². The molecule has 0 aromatic carbocycles. The fraction of sp³-hybridized carbons (Fsp3) is 0.889. The van der Waals surface area contributed by atoms with E-state index in [1.54, 1.807) is 4.42 Å². The first-order chi connectivity index (χ1) is 6.00. The Bertz CT molecular complexity index is 254.